The monoisotopic (exact) mass is 194 g/mol. The number of aryl methyl sites for hydroxylation is 1. The first-order valence-corrected chi connectivity index (χ1v) is 4.13. The van der Waals surface area contributed by atoms with Crippen molar-refractivity contribution in [2.24, 2.45) is 7.05 Å². The minimum absolute atomic E-state index is 0.0968. The lowest BCUT2D eigenvalue weighted by molar-refractivity contribution is 0.276. The zero-order chi connectivity index (χ0) is 9.97. The fourth-order valence-electron chi connectivity index (χ4n) is 1.11. The topological polar surface area (TPSA) is 81.7 Å². The van der Waals surface area contributed by atoms with Gasteiger partial charge in [-0.1, -0.05) is 5.21 Å². The standard InChI is InChI=1S/C7H10N6O/c1-12-8-2-6(10-12)3-13-4-7(5-14)9-11-13/h2,4,14H,3,5H2,1H3. The van der Waals surface area contributed by atoms with Crippen LogP contribution < -0.4 is 0 Å². The van der Waals surface area contributed by atoms with Gasteiger partial charge >= 0.3 is 0 Å². The van der Waals surface area contributed by atoms with Crippen LogP contribution in [0.15, 0.2) is 12.4 Å². The van der Waals surface area contributed by atoms with E-state index < -0.39 is 0 Å². The largest absolute Gasteiger partial charge is 0.390 e. The fraction of sp³-hybridized carbons (Fsp3) is 0.429. The molecule has 2 rings (SSSR count). The molecule has 2 aromatic rings. The molecule has 0 aliphatic carbocycles. The number of rotatable bonds is 3. The molecule has 7 heteroatoms. The van der Waals surface area contributed by atoms with Gasteiger partial charge in [-0.25, -0.2) is 4.68 Å². The Hall–Kier alpha value is -1.76. The van der Waals surface area contributed by atoms with E-state index in [0.29, 0.717) is 12.2 Å². The van der Waals surface area contributed by atoms with E-state index >= 15 is 0 Å². The first kappa shape index (κ1) is 8.82. The van der Waals surface area contributed by atoms with Gasteiger partial charge in [0.05, 0.1) is 25.5 Å². The van der Waals surface area contributed by atoms with Crippen LogP contribution in [0.25, 0.3) is 0 Å². The van der Waals surface area contributed by atoms with Gasteiger partial charge in [-0.15, -0.1) is 5.10 Å². The SMILES string of the molecule is Cn1ncc(Cn2cc(CO)nn2)n1. The molecule has 0 bridgehead atoms. The third kappa shape index (κ3) is 1.77. The van der Waals surface area contributed by atoms with Crippen molar-refractivity contribution in [2.75, 3.05) is 0 Å². The van der Waals surface area contributed by atoms with Crippen LogP contribution in [0.1, 0.15) is 11.4 Å². The first-order chi connectivity index (χ1) is 6.78. The Morgan fingerprint density at radius 1 is 1.43 bits per heavy atom. The Balaban J connectivity index is 2.10. The lowest BCUT2D eigenvalue weighted by Gasteiger charge is -1.93. The molecule has 0 saturated carbocycles. The Morgan fingerprint density at radius 2 is 2.29 bits per heavy atom. The molecule has 0 radical (unpaired) electrons. The molecular formula is C7H10N6O. The highest BCUT2D eigenvalue weighted by molar-refractivity contribution is 4.95. The molecule has 0 amide bonds. The summed E-state index contributed by atoms with van der Waals surface area (Å²) in [6.07, 6.45) is 3.34. The fourth-order valence-corrected chi connectivity index (χ4v) is 1.11. The van der Waals surface area contributed by atoms with E-state index in [1.165, 1.54) is 4.80 Å². The maximum atomic E-state index is 8.77. The van der Waals surface area contributed by atoms with E-state index in [-0.39, 0.29) is 6.61 Å². The second-order valence-electron chi connectivity index (χ2n) is 2.89. The molecule has 7 nitrogen and oxygen atoms in total. The van der Waals surface area contributed by atoms with Crippen LogP contribution in [0.5, 0.6) is 0 Å². The van der Waals surface area contributed by atoms with Crippen molar-refractivity contribution in [1.82, 2.24) is 30.0 Å². The Bertz CT molecular complexity index is 419. The zero-order valence-corrected chi connectivity index (χ0v) is 7.70. The Kier molecular flexibility index (Phi) is 2.23. The van der Waals surface area contributed by atoms with Gasteiger partial charge in [0.2, 0.25) is 0 Å². The number of nitrogens with zero attached hydrogens (tertiary/aromatic N) is 6. The van der Waals surface area contributed by atoms with Gasteiger partial charge < -0.3 is 5.11 Å². The number of hydrogen-bond donors (Lipinski definition) is 1. The summed E-state index contributed by atoms with van der Waals surface area (Å²) >= 11 is 0. The van der Waals surface area contributed by atoms with Crippen LogP contribution >= 0.6 is 0 Å². The van der Waals surface area contributed by atoms with Crippen LogP contribution in [0, 0.1) is 0 Å². The minimum atomic E-state index is -0.0968. The molecule has 0 aliphatic heterocycles. The molecule has 2 aromatic heterocycles. The van der Waals surface area contributed by atoms with Crippen molar-refractivity contribution in [3.63, 3.8) is 0 Å². The summed E-state index contributed by atoms with van der Waals surface area (Å²) in [5, 5.41) is 24.4. The third-order valence-electron chi connectivity index (χ3n) is 1.72. The van der Waals surface area contributed by atoms with Gasteiger partial charge in [0.1, 0.15) is 11.4 Å². The van der Waals surface area contributed by atoms with E-state index in [0.717, 1.165) is 5.69 Å². The van der Waals surface area contributed by atoms with Crippen LogP contribution in [0.3, 0.4) is 0 Å². The molecule has 14 heavy (non-hydrogen) atoms. The highest BCUT2D eigenvalue weighted by atomic mass is 16.3. The van der Waals surface area contributed by atoms with Gasteiger partial charge in [0.15, 0.2) is 0 Å². The van der Waals surface area contributed by atoms with E-state index in [1.807, 2.05) is 0 Å². The Labute approximate surface area is 80.0 Å². The zero-order valence-electron chi connectivity index (χ0n) is 7.70. The highest BCUT2D eigenvalue weighted by Crippen LogP contribution is 1.97. The smallest absolute Gasteiger partial charge is 0.108 e. The average Bonchev–Trinajstić information content (AvgIpc) is 2.76. The molecule has 0 aliphatic rings. The van der Waals surface area contributed by atoms with Crippen LogP contribution in [-0.2, 0) is 20.2 Å². The van der Waals surface area contributed by atoms with Gasteiger partial charge in [0, 0.05) is 7.05 Å². The molecule has 0 spiro atoms. The molecule has 0 fully saturated rings. The van der Waals surface area contributed by atoms with E-state index in [1.54, 1.807) is 24.1 Å². The molecule has 2 heterocycles. The van der Waals surface area contributed by atoms with Gasteiger partial charge in [0.25, 0.3) is 0 Å². The highest BCUT2D eigenvalue weighted by Gasteiger charge is 2.02. The summed E-state index contributed by atoms with van der Waals surface area (Å²) in [5.74, 6) is 0. The quantitative estimate of drug-likeness (QED) is 0.674. The molecule has 0 atom stereocenters. The third-order valence-corrected chi connectivity index (χ3v) is 1.72. The van der Waals surface area contributed by atoms with Gasteiger partial charge in [-0.3, -0.25) is 0 Å². The summed E-state index contributed by atoms with van der Waals surface area (Å²) in [5.41, 5.74) is 1.36. The summed E-state index contributed by atoms with van der Waals surface area (Å²) in [7, 11) is 1.75. The summed E-state index contributed by atoms with van der Waals surface area (Å²) in [4.78, 5) is 1.49. The second-order valence-corrected chi connectivity index (χ2v) is 2.89. The summed E-state index contributed by atoms with van der Waals surface area (Å²) in [6.45, 7) is 0.418. The van der Waals surface area contributed by atoms with Crippen LogP contribution in [0.4, 0.5) is 0 Å². The molecule has 0 saturated heterocycles. The van der Waals surface area contributed by atoms with Crippen molar-refractivity contribution in [3.8, 4) is 0 Å². The van der Waals surface area contributed by atoms with Crippen molar-refractivity contribution >= 4 is 0 Å². The van der Waals surface area contributed by atoms with E-state index in [4.69, 9.17) is 5.11 Å². The van der Waals surface area contributed by atoms with Crippen molar-refractivity contribution < 1.29 is 5.11 Å². The van der Waals surface area contributed by atoms with Gasteiger partial charge in [-0.05, 0) is 0 Å². The van der Waals surface area contributed by atoms with E-state index in [2.05, 4.69) is 20.5 Å². The normalized spacial score (nSPS) is 10.7. The summed E-state index contributed by atoms with van der Waals surface area (Å²) < 4.78 is 1.61. The number of aromatic nitrogens is 6. The predicted octanol–water partition coefficient (Wildman–Crippen LogP) is -1.05. The summed E-state index contributed by atoms with van der Waals surface area (Å²) in [6, 6.07) is 0. The van der Waals surface area contributed by atoms with Crippen molar-refractivity contribution in [3.05, 3.63) is 23.8 Å². The molecule has 1 N–H and O–H groups in total. The molecule has 0 aromatic carbocycles. The first-order valence-electron chi connectivity index (χ1n) is 4.13. The lowest BCUT2D eigenvalue weighted by Crippen LogP contribution is -2.02. The maximum absolute atomic E-state index is 8.77. The Morgan fingerprint density at radius 3 is 2.86 bits per heavy atom. The lowest BCUT2D eigenvalue weighted by atomic mass is 10.4. The van der Waals surface area contributed by atoms with Crippen LogP contribution in [-0.4, -0.2) is 35.1 Å². The average molecular weight is 194 g/mol. The number of hydrogen-bond acceptors (Lipinski definition) is 5. The number of aliphatic hydroxyl groups excluding tert-OH is 1. The number of aliphatic hydroxyl groups is 1. The van der Waals surface area contributed by atoms with Crippen LogP contribution in [0.2, 0.25) is 0 Å². The minimum Gasteiger partial charge on any atom is -0.390 e. The molecular weight excluding hydrogens is 184 g/mol. The second kappa shape index (κ2) is 3.54. The van der Waals surface area contributed by atoms with Crippen molar-refractivity contribution in [1.29, 1.82) is 0 Å². The van der Waals surface area contributed by atoms with Crippen molar-refractivity contribution in [2.45, 2.75) is 13.2 Å². The molecule has 0 unspecified atom stereocenters. The predicted molar refractivity (Wildman–Crippen MR) is 46.0 cm³/mol. The van der Waals surface area contributed by atoms with E-state index in [9.17, 15) is 0 Å². The molecule has 74 valence electrons. The maximum Gasteiger partial charge on any atom is 0.108 e. The van der Waals surface area contributed by atoms with Gasteiger partial charge in [-0.2, -0.15) is 15.0 Å².